The standard InChI is InChI=1S/C16H21BrN2O3S/c17-14-5-7-15(8-6-14)23(21,22)19-11-3-4-13(12-19)16(20)18-9-1-2-10-18/h5-8,13H,1-4,9-12H2/t13-/m0/s1. The summed E-state index contributed by atoms with van der Waals surface area (Å²) in [4.78, 5) is 14.7. The van der Waals surface area contributed by atoms with E-state index < -0.39 is 10.0 Å². The average molecular weight is 401 g/mol. The van der Waals surface area contributed by atoms with Crippen LogP contribution >= 0.6 is 15.9 Å². The highest BCUT2D eigenvalue weighted by Gasteiger charge is 2.35. The van der Waals surface area contributed by atoms with Gasteiger partial charge in [0.05, 0.1) is 10.8 Å². The quantitative estimate of drug-likeness (QED) is 0.782. The first-order chi connectivity index (χ1) is 11.0. The Morgan fingerprint density at radius 1 is 1.04 bits per heavy atom. The first-order valence-electron chi connectivity index (χ1n) is 8.03. The Hall–Kier alpha value is -0.920. The van der Waals surface area contributed by atoms with Gasteiger partial charge in [-0.05, 0) is 49.9 Å². The minimum atomic E-state index is -3.53. The van der Waals surface area contributed by atoms with E-state index in [-0.39, 0.29) is 16.7 Å². The van der Waals surface area contributed by atoms with E-state index in [2.05, 4.69) is 15.9 Å². The molecule has 1 aromatic carbocycles. The van der Waals surface area contributed by atoms with Crippen molar-refractivity contribution in [2.45, 2.75) is 30.6 Å². The molecule has 5 nitrogen and oxygen atoms in total. The van der Waals surface area contributed by atoms with Crippen molar-refractivity contribution in [1.82, 2.24) is 9.21 Å². The van der Waals surface area contributed by atoms with Crippen LogP contribution in [0.15, 0.2) is 33.6 Å². The lowest BCUT2D eigenvalue weighted by molar-refractivity contribution is -0.135. The monoisotopic (exact) mass is 400 g/mol. The fourth-order valence-electron chi connectivity index (χ4n) is 3.31. The molecule has 1 aromatic rings. The van der Waals surface area contributed by atoms with Gasteiger partial charge in [0.25, 0.3) is 0 Å². The smallest absolute Gasteiger partial charge is 0.243 e. The second kappa shape index (κ2) is 6.91. The molecule has 0 spiro atoms. The number of halogens is 1. The summed E-state index contributed by atoms with van der Waals surface area (Å²) in [5.74, 6) is -0.0784. The highest BCUT2D eigenvalue weighted by Crippen LogP contribution is 2.26. The molecule has 126 valence electrons. The topological polar surface area (TPSA) is 57.7 Å². The summed E-state index contributed by atoms with van der Waals surface area (Å²) in [6.07, 6.45) is 3.63. The zero-order valence-electron chi connectivity index (χ0n) is 12.9. The zero-order valence-corrected chi connectivity index (χ0v) is 15.4. The van der Waals surface area contributed by atoms with Gasteiger partial charge in [-0.2, -0.15) is 4.31 Å². The second-order valence-corrected chi connectivity index (χ2v) is 9.04. The third-order valence-electron chi connectivity index (χ3n) is 4.60. The van der Waals surface area contributed by atoms with Gasteiger partial charge in [-0.25, -0.2) is 8.42 Å². The third kappa shape index (κ3) is 3.61. The molecule has 1 amide bonds. The Labute approximate surface area is 145 Å². The van der Waals surface area contributed by atoms with Crippen LogP contribution < -0.4 is 0 Å². The summed E-state index contributed by atoms with van der Waals surface area (Å²) in [6, 6.07) is 6.66. The molecule has 0 aromatic heterocycles. The Morgan fingerprint density at radius 3 is 2.35 bits per heavy atom. The summed E-state index contributed by atoms with van der Waals surface area (Å²) < 4.78 is 27.9. The Kier molecular flexibility index (Phi) is 5.08. The molecule has 2 saturated heterocycles. The third-order valence-corrected chi connectivity index (χ3v) is 7.01. The highest BCUT2D eigenvalue weighted by molar-refractivity contribution is 9.10. The minimum Gasteiger partial charge on any atom is -0.342 e. The molecule has 3 rings (SSSR count). The van der Waals surface area contributed by atoms with Crippen molar-refractivity contribution in [2.24, 2.45) is 5.92 Å². The van der Waals surface area contributed by atoms with Crippen molar-refractivity contribution in [1.29, 1.82) is 0 Å². The number of likely N-dealkylation sites (tertiary alicyclic amines) is 1. The predicted molar refractivity (Wildman–Crippen MR) is 91.4 cm³/mol. The van der Waals surface area contributed by atoms with E-state index in [4.69, 9.17) is 0 Å². The number of piperidine rings is 1. The van der Waals surface area contributed by atoms with Crippen LogP contribution in [0.1, 0.15) is 25.7 Å². The molecule has 2 aliphatic heterocycles. The van der Waals surface area contributed by atoms with Crippen LogP contribution in [-0.4, -0.2) is 49.7 Å². The number of nitrogens with zero attached hydrogens (tertiary/aromatic N) is 2. The molecule has 0 aliphatic carbocycles. The number of carbonyl (C=O) groups is 1. The Balaban J connectivity index is 1.74. The van der Waals surface area contributed by atoms with Crippen LogP contribution in [0.2, 0.25) is 0 Å². The van der Waals surface area contributed by atoms with E-state index in [1.54, 1.807) is 24.3 Å². The van der Waals surface area contributed by atoms with Gasteiger partial charge < -0.3 is 4.90 Å². The van der Waals surface area contributed by atoms with Crippen LogP contribution in [-0.2, 0) is 14.8 Å². The molecule has 2 aliphatic rings. The molecule has 0 unspecified atom stereocenters. The summed E-state index contributed by atoms with van der Waals surface area (Å²) in [5.41, 5.74) is 0. The van der Waals surface area contributed by atoms with Crippen molar-refractivity contribution in [3.05, 3.63) is 28.7 Å². The van der Waals surface area contributed by atoms with Gasteiger partial charge in [-0.3, -0.25) is 4.79 Å². The van der Waals surface area contributed by atoms with E-state index in [0.717, 1.165) is 43.2 Å². The van der Waals surface area contributed by atoms with Crippen LogP contribution in [0.5, 0.6) is 0 Å². The van der Waals surface area contributed by atoms with Gasteiger partial charge in [-0.1, -0.05) is 15.9 Å². The van der Waals surface area contributed by atoms with E-state index >= 15 is 0 Å². The number of benzene rings is 1. The number of amides is 1. The minimum absolute atomic E-state index is 0.123. The molecule has 0 saturated carbocycles. The van der Waals surface area contributed by atoms with E-state index in [0.29, 0.717) is 13.1 Å². The van der Waals surface area contributed by atoms with Crippen molar-refractivity contribution < 1.29 is 13.2 Å². The first kappa shape index (κ1) is 16.9. The second-order valence-electron chi connectivity index (χ2n) is 6.19. The summed E-state index contributed by atoms with van der Waals surface area (Å²) in [6.45, 7) is 2.42. The van der Waals surface area contributed by atoms with Crippen LogP contribution in [0.4, 0.5) is 0 Å². The first-order valence-corrected chi connectivity index (χ1v) is 10.3. The Bertz CT molecular complexity index is 669. The molecular formula is C16H21BrN2O3S. The fraction of sp³-hybridized carbons (Fsp3) is 0.562. The number of rotatable bonds is 3. The zero-order chi connectivity index (χ0) is 16.4. The molecule has 2 fully saturated rings. The molecule has 23 heavy (non-hydrogen) atoms. The predicted octanol–water partition coefficient (Wildman–Crippen LogP) is 2.47. The molecule has 2 heterocycles. The molecule has 7 heteroatoms. The van der Waals surface area contributed by atoms with Crippen LogP contribution in [0.3, 0.4) is 0 Å². The van der Waals surface area contributed by atoms with E-state index in [1.165, 1.54) is 4.31 Å². The Morgan fingerprint density at radius 2 is 1.70 bits per heavy atom. The van der Waals surface area contributed by atoms with Crippen LogP contribution in [0, 0.1) is 5.92 Å². The normalized spacial score (nSPS) is 23.2. The van der Waals surface area contributed by atoms with Crippen molar-refractivity contribution in [3.8, 4) is 0 Å². The van der Waals surface area contributed by atoms with Crippen LogP contribution in [0.25, 0.3) is 0 Å². The molecule has 0 N–H and O–H groups in total. The molecule has 0 radical (unpaired) electrons. The van der Waals surface area contributed by atoms with Gasteiger partial charge in [0, 0.05) is 30.7 Å². The maximum absolute atomic E-state index is 12.8. The van der Waals surface area contributed by atoms with Gasteiger partial charge in [0.2, 0.25) is 15.9 Å². The van der Waals surface area contributed by atoms with Gasteiger partial charge in [-0.15, -0.1) is 0 Å². The largest absolute Gasteiger partial charge is 0.342 e. The maximum atomic E-state index is 12.8. The summed E-state index contributed by atoms with van der Waals surface area (Å²) >= 11 is 3.32. The molecule has 1 atom stereocenters. The average Bonchev–Trinajstić information content (AvgIpc) is 3.09. The molecule has 0 bridgehead atoms. The fourth-order valence-corrected chi connectivity index (χ4v) is 5.10. The maximum Gasteiger partial charge on any atom is 0.243 e. The highest BCUT2D eigenvalue weighted by atomic mass is 79.9. The van der Waals surface area contributed by atoms with Crippen molar-refractivity contribution in [2.75, 3.05) is 26.2 Å². The van der Waals surface area contributed by atoms with Gasteiger partial charge in [0.1, 0.15) is 0 Å². The number of carbonyl (C=O) groups excluding carboxylic acids is 1. The lowest BCUT2D eigenvalue weighted by Gasteiger charge is -2.33. The van der Waals surface area contributed by atoms with Crippen molar-refractivity contribution in [3.63, 3.8) is 0 Å². The summed E-state index contributed by atoms with van der Waals surface area (Å²) in [5, 5.41) is 0. The van der Waals surface area contributed by atoms with Gasteiger partial charge >= 0.3 is 0 Å². The lowest BCUT2D eigenvalue weighted by Crippen LogP contribution is -2.46. The van der Waals surface area contributed by atoms with E-state index in [1.807, 2.05) is 4.90 Å². The number of hydrogen-bond donors (Lipinski definition) is 0. The van der Waals surface area contributed by atoms with E-state index in [9.17, 15) is 13.2 Å². The lowest BCUT2D eigenvalue weighted by atomic mass is 9.98. The molecular weight excluding hydrogens is 380 g/mol. The van der Waals surface area contributed by atoms with Gasteiger partial charge in [0.15, 0.2) is 0 Å². The number of hydrogen-bond acceptors (Lipinski definition) is 3. The SMILES string of the molecule is O=C([C@H]1CCCN(S(=O)(=O)c2ccc(Br)cc2)C1)N1CCCC1. The summed E-state index contributed by atoms with van der Waals surface area (Å²) in [7, 11) is -3.53. The van der Waals surface area contributed by atoms with Crippen molar-refractivity contribution >= 4 is 31.9 Å². The number of sulfonamides is 1.